The van der Waals surface area contributed by atoms with Crippen LogP contribution in [0.1, 0.15) is 13.8 Å². The second kappa shape index (κ2) is 2.83. The summed E-state index contributed by atoms with van der Waals surface area (Å²) >= 11 is 0. The van der Waals surface area contributed by atoms with E-state index in [-0.39, 0.29) is 12.2 Å². The summed E-state index contributed by atoms with van der Waals surface area (Å²) in [5.41, 5.74) is 6.51. The van der Waals surface area contributed by atoms with Gasteiger partial charge in [-0.1, -0.05) is 5.22 Å². The van der Waals surface area contributed by atoms with Crippen LogP contribution < -0.4 is 5.73 Å². The summed E-state index contributed by atoms with van der Waals surface area (Å²) in [6.07, 6.45) is 3.48. The Kier molecular flexibility index (Phi) is 1.79. The molecule has 5 nitrogen and oxygen atoms in total. The van der Waals surface area contributed by atoms with Gasteiger partial charge < -0.3 is 5.73 Å². The van der Waals surface area contributed by atoms with Crippen LogP contribution in [0.2, 0.25) is 0 Å². The number of rotatable bonds is 1. The summed E-state index contributed by atoms with van der Waals surface area (Å²) in [6.45, 7) is 4.12. The van der Waals surface area contributed by atoms with Crippen LogP contribution in [0.25, 0.3) is 0 Å². The van der Waals surface area contributed by atoms with Crippen molar-refractivity contribution in [3.8, 4) is 0 Å². The maximum atomic E-state index is 5.77. The molecule has 2 N–H and O–H groups in total. The van der Waals surface area contributed by atoms with E-state index in [1.807, 2.05) is 5.01 Å². The topological polar surface area (TPSA) is 66.3 Å². The Morgan fingerprint density at radius 2 is 2.31 bits per heavy atom. The Hall–Kier alpha value is -1.39. The molecule has 2 heterocycles. The molecule has 0 aromatic rings. The number of dihydropyridines is 1. The highest BCUT2D eigenvalue weighted by Crippen LogP contribution is 2.26. The van der Waals surface area contributed by atoms with Gasteiger partial charge in [-0.15, -0.1) is 0 Å². The fourth-order valence-electron chi connectivity index (χ4n) is 1.49. The number of nitrogens with zero attached hydrogens (tertiary/aromatic N) is 4. The van der Waals surface area contributed by atoms with Crippen molar-refractivity contribution in [2.75, 3.05) is 0 Å². The zero-order valence-electron chi connectivity index (χ0n) is 7.75. The highest BCUT2D eigenvalue weighted by atomic mass is 15.6. The number of nitrogens with two attached hydrogens (primary N) is 1. The molecule has 2 unspecified atom stereocenters. The van der Waals surface area contributed by atoms with Gasteiger partial charge in [0.05, 0.1) is 0 Å². The van der Waals surface area contributed by atoms with Crippen LogP contribution in [0.15, 0.2) is 27.1 Å². The monoisotopic (exact) mass is 179 g/mol. The van der Waals surface area contributed by atoms with Gasteiger partial charge in [-0.2, -0.15) is 5.11 Å². The van der Waals surface area contributed by atoms with Gasteiger partial charge in [-0.3, -0.25) is 4.99 Å². The minimum Gasteiger partial charge on any atom is -0.400 e. The largest absolute Gasteiger partial charge is 0.400 e. The molecule has 2 rings (SSSR count). The lowest BCUT2D eigenvalue weighted by molar-refractivity contribution is 0.183. The fourth-order valence-corrected chi connectivity index (χ4v) is 1.49. The maximum absolute atomic E-state index is 5.77. The lowest BCUT2D eigenvalue weighted by atomic mass is 10.1. The first-order valence-corrected chi connectivity index (χ1v) is 4.38. The highest BCUT2D eigenvalue weighted by molar-refractivity contribution is 5.74. The third-order valence-corrected chi connectivity index (χ3v) is 2.21. The highest BCUT2D eigenvalue weighted by Gasteiger charge is 2.36. The van der Waals surface area contributed by atoms with E-state index in [1.54, 1.807) is 12.3 Å². The predicted octanol–water partition coefficient (Wildman–Crippen LogP) is 0.699. The van der Waals surface area contributed by atoms with Crippen molar-refractivity contribution in [3.63, 3.8) is 0 Å². The van der Waals surface area contributed by atoms with E-state index in [4.69, 9.17) is 5.73 Å². The molecular formula is C8H13N5. The van der Waals surface area contributed by atoms with Crippen LogP contribution in [0.3, 0.4) is 0 Å². The third kappa shape index (κ3) is 1.20. The Balaban J connectivity index is 2.23. The molecule has 0 aromatic carbocycles. The van der Waals surface area contributed by atoms with Crippen LogP contribution in [-0.4, -0.2) is 29.5 Å². The number of hydrogen-bond acceptors (Lipinski definition) is 5. The number of hydrogen-bond donors (Lipinski definition) is 1. The van der Waals surface area contributed by atoms with Crippen LogP contribution >= 0.6 is 0 Å². The van der Waals surface area contributed by atoms with Gasteiger partial charge in [-0.25, -0.2) is 5.01 Å². The third-order valence-electron chi connectivity index (χ3n) is 2.21. The lowest BCUT2D eigenvalue weighted by Crippen LogP contribution is -2.40. The average Bonchev–Trinajstić information content (AvgIpc) is 2.48. The summed E-state index contributed by atoms with van der Waals surface area (Å²) in [7, 11) is 0. The Morgan fingerprint density at radius 3 is 3.00 bits per heavy atom. The normalized spacial score (nSPS) is 31.0. The smallest absolute Gasteiger partial charge is 0.168 e. The molecule has 0 spiro atoms. The summed E-state index contributed by atoms with van der Waals surface area (Å²) < 4.78 is 0. The minimum atomic E-state index is -0.0765. The molecule has 5 heteroatoms. The van der Waals surface area contributed by atoms with Crippen LogP contribution in [-0.2, 0) is 0 Å². The van der Waals surface area contributed by atoms with Crippen molar-refractivity contribution in [1.29, 1.82) is 0 Å². The zero-order chi connectivity index (χ0) is 9.42. The molecule has 0 aromatic heterocycles. The first-order chi connectivity index (χ1) is 6.20. The quantitative estimate of drug-likeness (QED) is 0.643. The molecule has 0 saturated carbocycles. The molecule has 0 radical (unpaired) electrons. The molecule has 0 aliphatic carbocycles. The molecule has 2 atom stereocenters. The van der Waals surface area contributed by atoms with Crippen molar-refractivity contribution in [3.05, 3.63) is 11.8 Å². The van der Waals surface area contributed by atoms with Gasteiger partial charge >= 0.3 is 0 Å². The van der Waals surface area contributed by atoms with E-state index in [0.717, 1.165) is 5.70 Å². The standard InChI is InChI=1S/C8H13N5/c1-5(2)13-8-7(11-12-13)6(9)3-4-10-8/h3-5,7-8H,9H2,1-2H3. The van der Waals surface area contributed by atoms with Crippen molar-refractivity contribution in [1.82, 2.24) is 5.01 Å². The molecule has 0 saturated heterocycles. The average molecular weight is 179 g/mol. The molecule has 0 amide bonds. The van der Waals surface area contributed by atoms with E-state index in [0.29, 0.717) is 6.04 Å². The van der Waals surface area contributed by atoms with Gasteiger partial charge in [0, 0.05) is 18.0 Å². The second-order valence-corrected chi connectivity index (χ2v) is 3.50. The number of fused-ring (bicyclic) bond motifs is 1. The Morgan fingerprint density at radius 1 is 1.54 bits per heavy atom. The Labute approximate surface area is 77.0 Å². The van der Waals surface area contributed by atoms with E-state index in [2.05, 4.69) is 29.2 Å². The molecular weight excluding hydrogens is 166 g/mol. The van der Waals surface area contributed by atoms with Crippen molar-refractivity contribution < 1.29 is 0 Å². The van der Waals surface area contributed by atoms with Gasteiger partial charge in [0.25, 0.3) is 0 Å². The summed E-state index contributed by atoms with van der Waals surface area (Å²) in [6, 6.07) is 0.231. The predicted molar refractivity (Wildman–Crippen MR) is 50.2 cm³/mol. The second-order valence-electron chi connectivity index (χ2n) is 3.50. The van der Waals surface area contributed by atoms with E-state index >= 15 is 0 Å². The zero-order valence-corrected chi connectivity index (χ0v) is 7.75. The van der Waals surface area contributed by atoms with E-state index in [1.165, 1.54) is 0 Å². The molecule has 13 heavy (non-hydrogen) atoms. The van der Waals surface area contributed by atoms with Gasteiger partial charge in [0.2, 0.25) is 0 Å². The molecule has 2 aliphatic rings. The summed E-state index contributed by atoms with van der Waals surface area (Å²) in [5.74, 6) is 0. The van der Waals surface area contributed by atoms with Crippen molar-refractivity contribution in [2.24, 2.45) is 21.1 Å². The first-order valence-electron chi connectivity index (χ1n) is 4.38. The molecule has 70 valence electrons. The van der Waals surface area contributed by atoms with Gasteiger partial charge in [-0.05, 0) is 19.9 Å². The first kappa shape index (κ1) is 8.22. The van der Waals surface area contributed by atoms with Crippen molar-refractivity contribution >= 4 is 6.21 Å². The lowest BCUT2D eigenvalue weighted by Gasteiger charge is -2.26. The van der Waals surface area contributed by atoms with Crippen LogP contribution in [0.4, 0.5) is 0 Å². The maximum Gasteiger partial charge on any atom is 0.168 e. The fraction of sp³-hybridized carbons (Fsp3) is 0.625. The Bertz CT molecular complexity index is 291. The van der Waals surface area contributed by atoms with Crippen LogP contribution in [0.5, 0.6) is 0 Å². The van der Waals surface area contributed by atoms with E-state index < -0.39 is 0 Å². The summed E-state index contributed by atoms with van der Waals surface area (Å²) in [4.78, 5) is 4.30. The van der Waals surface area contributed by atoms with E-state index in [9.17, 15) is 0 Å². The summed E-state index contributed by atoms with van der Waals surface area (Å²) in [5, 5.41) is 10.0. The number of allylic oxidation sites excluding steroid dienone is 1. The van der Waals surface area contributed by atoms with Crippen LogP contribution in [0, 0.1) is 0 Å². The SMILES string of the molecule is CC(C)N1N=NC2C(N)=CC=NC21. The molecule has 0 fully saturated rings. The minimum absolute atomic E-state index is 0.0231. The molecule has 2 aliphatic heterocycles. The molecule has 0 bridgehead atoms. The number of aliphatic imine (C=N–C) groups is 1. The van der Waals surface area contributed by atoms with Gasteiger partial charge in [0.1, 0.15) is 0 Å². The van der Waals surface area contributed by atoms with Crippen molar-refractivity contribution in [2.45, 2.75) is 32.1 Å². The van der Waals surface area contributed by atoms with Gasteiger partial charge in [0.15, 0.2) is 12.2 Å².